The molecule has 2 aromatic rings. The zero-order valence-corrected chi connectivity index (χ0v) is 19.5. The molecular weight excluding hydrogens is 400 g/mol. The van der Waals surface area contributed by atoms with Gasteiger partial charge in [-0.25, -0.2) is 4.98 Å². The van der Waals surface area contributed by atoms with Gasteiger partial charge >= 0.3 is 0 Å². The number of nitrogens with one attached hydrogen (secondary N) is 4. The molecule has 7 nitrogen and oxygen atoms in total. The number of aromatic nitrogens is 2. The number of unbranched alkanes of at least 4 members (excludes halogenated alkanes) is 2. The van der Waals surface area contributed by atoms with Crippen molar-refractivity contribution in [3.63, 3.8) is 0 Å². The van der Waals surface area contributed by atoms with Crippen molar-refractivity contribution >= 4 is 23.2 Å². The molecule has 0 atom stereocenters. The second-order valence-electron chi connectivity index (χ2n) is 8.62. The van der Waals surface area contributed by atoms with Gasteiger partial charge in [0, 0.05) is 36.6 Å². The summed E-state index contributed by atoms with van der Waals surface area (Å²) >= 11 is 0. The molecule has 0 bridgehead atoms. The van der Waals surface area contributed by atoms with Gasteiger partial charge in [0.2, 0.25) is 5.95 Å². The van der Waals surface area contributed by atoms with Crippen LogP contribution in [0.3, 0.4) is 0 Å². The van der Waals surface area contributed by atoms with E-state index in [2.05, 4.69) is 34.8 Å². The first-order chi connectivity index (χ1) is 15.6. The Bertz CT molecular complexity index is 846. The van der Waals surface area contributed by atoms with Gasteiger partial charge in [-0.3, -0.25) is 5.41 Å². The van der Waals surface area contributed by atoms with E-state index >= 15 is 0 Å². The molecule has 1 aromatic heterocycles. The summed E-state index contributed by atoms with van der Waals surface area (Å²) in [5, 5.41) is 28.9. The molecule has 0 radical (unpaired) electrons. The van der Waals surface area contributed by atoms with Crippen molar-refractivity contribution in [1.29, 1.82) is 5.41 Å². The predicted octanol–water partition coefficient (Wildman–Crippen LogP) is 5.03. The van der Waals surface area contributed by atoms with Crippen LogP contribution in [0.1, 0.15) is 76.3 Å². The fraction of sp³-hybridized carbons (Fsp3) is 0.560. The van der Waals surface area contributed by atoms with E-state index in [1.807, 2.05) is 24.3 Å². The Labute approximate surface area is 192 Å². The summed E-state index contributed by atoms with van der Waals surface area (Å²) in [6.07, 6.45) is 9.40. The molecule has 7 heteroatoms. The Balaban J connectivity index is 1.77. The van der Waals surface area contributed by atoms with E-state index in [4.69, 9.17) is 10.4 Å². The third-order valence-corrected chi connectivity index (χ3v) is 5.94. The molecule has 1 heterocycles. The first-order valence-electron chi connectivity index (χ1n) is 12.1. The lowest BCUT2D eigenvalue weighted by Crippen LogP contribution is -2.29. The first kappa shape index (κ1) is 24.0. The minimum atomic E-state index is -0.202. The normalized spacial score (nSPS) is 18.2. The molecule has 174 valence electrons. The molecular formula is C25H38N6O. The molecule has 3 rings (SSSR count). The monoisotopic (exact) mass is 438 g/mol. The molecule has 1 aromatic carbocycles. The molecule has 1 fully saturated rings. The van der Waals surface area contributed by atoms with Gasteiger partial charge in [-0.05, 0) is 50.7 Å². The highest BCUT2D eigenvalue weighted by atomic mass is 16.3. The molecule has 5 N–H and O–H groups in total. The number of hydrogen-bond donors (Lipinski definition) is 5. The number of benzene rings is 1. The van der Waals surface area contributed by atoms with Crippen molar-refractivity contribution in [1.82, 2.24) is 9.97 Å². The number of aliphatic hydroxyl groups excluding tert-OH is 1. The Hall–Kier alpha value is -2.67. The van der Waals surface area contributed by atoms with E-state index in [9.17, 15) is 5.11 Å². The summed E-state index contributed by atoms with van der Waals surface area (Å²) in [6.45, 7) is 6.12. The fourth-order valence-electron chi connectivity index (χ4n) is 3.87. The number of anilines is 3. The van der Waals surface area contributed by atoms with Gasteiger partial charge in [0.1, 0.15) is 5.82 Å². The third kappa shape index (κ3) is 6.92. The van der Waals surface area contributed by atoms with Gasteiger partial charge in [-0.15, -0.1) is 0 Å². The Kier molecular flexibility index (Phi) is 9.28. The first-order valence-corrected chi connectivity index (χ1v) is 12.1. The Morgan fingerprint density at radius 1 is 1.00 bits per heavy atom. The highest BCUT2D eigenvalue weighted by Crippen LogP contribution is 2.25. The van der Waals surface area contributed by atoms with Crippen LogP contribution in [-0.4, -0.2) is 46.0 Å². The van der Waals surface area contributed by atoms with Crippen LogP contribution in [-0.2, 0) is 0 Å². The summed E-state index contributed by atoms with van der Waals surface area (Å²) < 4.78 is 0. The largest absolute Gasteiger partial charge is 0.393 e. The van der Waals surface area contributed by atoms with E-state index in [0.29, 0.717) is 23.0 Å². The maximum absolute atomic E-state index is 9.84. The smallest absolute Gasteiger partial charge is 0.224 e. The minimum absolute atomic E-state index is 0.202. The summed E-state index contributed by atoms with van der Waals surface area (Å²) in [5.74, 6) is 1.28. The predicted molar refractivity (Wildman–Crippen MR) is 133 cm³/mol. The van der Waals surface area contributed by atoms with Gasteiger partial charge < -0.3 is 21.1 Å². The summed E-state index contributed by atoms with van der Waals surface area (Å²) in [5.41, 5.74) is 3.01. The Morgan fingerprint density at radius 3 is 2.31 bits per heavy atom. The van der Waals surface area contributed by atoms with Crippen LogP contribution in [0.4, 0.5) is 17.5 Å². The molecule has 1 saturated carbocycles. The fourth-order valence-corrected chi connectivity index (χ4v) is 3.87. The molecule has 32 heavy (non-hydrogen) atoms. The van der Waals surface area contributed by atoms with Crippen LogP contribution in [0.2, 0.25) is 0 Å². The van der Waals surface area contributed by atoms with Crippen LogP contribution >= 0.6 is 0 Å². The number of rotatable bonds is 12. The van der Waals surface area contributed by atoms with E-state index in [0.717, 1.165) is 75.7 Å². The van der Waals surface area contributed by atoms with Crippen molar-refractivity contribution in [3.05, 3.63) is 41.6 Å². The zero-order valence-electron chi connectivity index (χ0n) is 19.5. The highest BCUT2D eigenvalue weighted by Gasteiger charge is 2.22. The van der Waals surface area contributed by atoms with Crippen LogP contribution in [0.15, 0.2) is 30.5 Å². The lowest BCUT2D eigenvalue weighted by Gasteiger charge is -2.27. The average molecular weight is 439 g/mol. The number of hydrogen-bond acceptors (Lipinski definition) is 7. The van der Waals surface area contributed by atoms with Gasteiger partial charge in [0.25, 0.3) is 0 Å². The molecule has 0 spiro atoms. The topological polar surface area (TPSA) is 106 Å². The van der Waals surface area contributed by atoms with Crippen molar-refractivity contribution in [2.45, 2.75) is 77.4 Å². The van der Waals surface area contributed by atoms with Gasteiger partial charge in [0.15, 0.2) is 0 Å². The van der Waals surface area contributed by atoms with E-state index in [-0.39, 0.29) is 12.1 Å². The molecule has 0 unspecified atom stereocenters. The standard InChI is InChI=1S/C25H38N6O/c1-3-5-15-27-19-9-7-18(8-10-19)23(26)22-17-29-25(28-16-6-4-2)31-24(22)30-20-11-13-21(32)14-12-20/h7-10,17,20-21,26-27,32H,3-6,11-16H2,1-2H3,(H2,28,29,30,31). The minimum Gasteiger partial charge on any atom is -0.393 e. The second-order valence-corrected chi connectivity index (χ2v) is 8.62. The summed E-state index contributed by atoms with van der Waals surface area (Å²) in [7, 11) is 0. The lowest BCUT2D eigenvalue weighted by atomic mass is 9.93. The number of nitrogens with zero attached hydrogens (tertiary/aromatic N) is 2. The SMILES string of the molecule is CCCCNc1ccc(C(=N)c2cnc(NCCCC)nc2NC2CCC(O)CC2)cc1. The zero-order chi connectivity index (χ0) is 22.8. The average Bonchev–Trinajstić information content (AvgIpc) is 2.81. The van der Waals surface area contributed by atoms with Gasteiger partial charge in [0.05, 0.1) is 17.4 Å². The maximum Gasteiger partial charge on any atom is 0.224 e. The van der Waals surface area contributed by atoms with Gasteiger partial charge in [-0.2, -0.15) is 4.98 Å². The molecule has 0 saturated heterocycles. The molecule has 0 aliphatic heterocycles. The quantitative estimate of drug-likeness (QED) is 0.235. The Morgan fingerprint density at radius 2 is 1.66 bits per heavy atom. The second kappa shape index (κ2) is 12.4. The molecule has 1 aliphatic rings. The van der Waals surface area contributed by atoms with Crippen molar-refractivity contribution < 1.29 is 5.11 Å². The van der Waals surface area contributed by atoms with E-state index < -0.39 is 0 Å². The van der Waals surface area contributed by atoms with Crippen LogP contribution in [0.25, 0.3) is 0 Å². The van der Waals surface area contributed by atoms with Gasteiger partial charge in [-0.1, -0.05) is 38.8 Å². The van der Waals surface area contributed by atoms with Crippen molar-refractivity contribution in [2.75, 3.05) is 29.0 Å². The number of aliphatic hydroxyl groups is 1. The lowest BCUT2D eigenvalue weighted by molar-refractivity contribution is 0.126. The third-order valence-electron chi connectivity index (χ3n) is 5.94. The maximum atomic E-state index is 9.84. The molecule has 1 aliphatic carbocycles. The van der Waals surface area contributed by atoms with Crippen molar-refractivity contribution in [3.8, 4) is 0 Å². The van der Waals surface area contributed by atoms with Crippen molar-refractivity contribution in [2.24, 2.45) is 0 Å². The van der Waals surface area contributed by atoms with E-state index in [1.165, 1.54) is 0 Å². The van der Waals surface area contributed by atoms with Crippen LogP contribution in [0, 0.1) is 5.41 Å². The summed E-state index contributed by atoms with van der Waals surface area (Å²) in [6, 6.07) is 8.25. The van der Waals surface area contributed by atoms with E-state index in [1.54, 1.807) is 6.20 Å². The van der Waals surface area contributed by atoms with Crippen LogP contribution in [0.5, 0.6) is 0 Å². The van der Waals surface area contributed by atoms with Crippen LogP contribution < -0.4 is 16.0 Å². The summed E-state index contributed by atoms with van der Waals surface area (Å²) in [4.78, 5) is 9.20. The highest BCUT2D eigenvalue weighted by molar-refractivity contribution is 6.13. The molecule has 0 amide bonds.